The molecule has 1 heterocycles. The molecule has 5 nitrogen and oxygen atoms in total. The molecule has 0 saturated heterocycles. The SMILES string of the molecule is O=C(Nc1cccc(SC(C(=O)Nc2ccc3cc[nH]c3c2)c2ccccc2)c1)c1ccccc1F. The summed E-state index contributed by atoms with van der Waals surface area (Å²) in [5.41, 5.74) is 2.97. The normalized spacial score (nSPS) is 11.7. The standard InChI is InChI=1S/C29H22FN3O2S/c30-25-12-5-4-11-24(25)28(34)32-21-9-6-10-23(17-21)36-27(20-7-2-1-3-8-20)29(35)33-22-14-13-19-15-16-31-26(19)18-22/h1-18,27,31H,(H,32,34)(H,33,35). The van der Waals surface area contributed by atoms with Crippen LogP contribution in [0.15, 0.2) is 114 Å². The van der Waals surface area contributed by atoms with Crippen molar-refractivity contribution in [2.24, 2.45) is 0 Å². The molecule has 0 fully saturated rings. The highest BCUT2D eigenvalue weighted by molar-refractivity contribution is 8.00. The Labute approximate surface area is 211 Å². The van der Waals surface area contributed by atoms with Crippen LogP contribution in [0.5, 0.6) is 0 Å². The first kappa shape index (κ1) is 23.4. The molecular formula is C29H22FN3O2S. The van der Waals surface area contributed by atoms with E-state index >= 15 is 0 Å². The zero-order valence-corrected chi connectivity index (χ0v) is 19.9. The average Bonchev–Trinajstić information content (AvgIpc) is 3.36. The summed E-state index contributed by atoms with van der Waals surface area (Å²) in [6.07, 6.45) is 1.86. The zero-order chi connectivity index (χ0) is 24.9. The van der Waals surface area contributed by atoms with Gasteiger partial charge in [-0.3, -0.25) is 9.59 Å². The number of hydrogen-bond acceptors (Lipinski definition) is 3. The van der Waals surface area contributed by atoms with Crippen LogP contribution in [-0.2, 0) is 4.79 Å². The fourth-order valence-corrected chi connectivity index (χ4v) is 4.94. The number of thioether (sulfide) groups is 1. The summed E-state index contributed by atoms with van der Waals surface area (Å²) >= 11 is 1.37. The third-order valence-corrected chi connectivity index (χ3v) is 6.88. The number of carbonyl (C=O) groups excluding carboxylic acids is 2. The van der Waals surface area contributed by atoms with Gasteiger partial charge in [0.05, 0.1) is 5.56 Å². The van der Waals surface area contributed by atoms with E-state index < -0.39 is 17.0 Å². The van der Waals surface area contributed by atoms with E-state index in [-0.39, 0.29) is 11.5 Å². The van der Waals surface area contributed by atoms with Gasteiger partial charge in [-0.2, -0.15) is 0 Å². The average molecular weight is 496 g/mol. The Hall–Kier alpha value is -4.36. The molecular weight excluding hydrogens is 473 g/mol. The number of benzene rings is 4. The Bertz CT molecular complexity index is 1530. The lowest BCUT2D eigenvalue weighted by atomic mass is 10.1. The van der Waals surface area contributed by atoms with Gasteiger partial charge in [-0.1, -0.05) is 54.6 Å². The number of hydrogen-bond donors (Lipinski definition) is 3. The molecule has 5 aromatic rings. The van der Waals surface area contributed by atoms with Crippen LogP contribution in [0.1, 0.15) is 21.2 Å². The van der Waals surface area contributed by atoms with Crippen LogP contribution in [0.25, 0.3) is 10.9 Å². The quantitative estimate of drug-likeness (QED) is 0.212. The Morgan fingerprint density at radius 3 is 2.39 bits per heavy atom. The highest BCUT2D eigenvalue weighted by atomic mass is 32.2. The van der Waals surface area contributed by atoms with E-state index in [1.54, 1.807) is 24.3 Å². The Morgan fingerprint density at radius 2 is 1.56 bits per heavy atom. The maximum atomic E-state index is 14.0. The largest absolute Gasteiger partial charge is 0.361 e. The van der Waals surface area contributed by atoms with E-state index in [0.29, 0.717) is 11.4 Å². The molecule has 178 valence electrons. The van der Waals surface area contributed by atoms with Gasteiger partial charge < -0.3 is 15.6 Å². The minimum atomic E-state index is -0.584. The lowest BCUT2D eigenvalue weighted by Crippen LogP contribution is -2.19. The third kappa shape index (κ3) is 5.31. The topological polar surface area (TPSA) is 74.0 Å². The molecule has 3 N–H and O–H groups in total. The first-order valence-corrected chi connectivity index (χ1v) is 12.2. The molecule has 4 aromatic carbocycles. The Balaban J connectivity index is 1.37. The smallest absolute Gasteiger partial charge is 0.258 e. The van der Waals surface area contributed by atoms with Crippen molar-refractivity contribution in [3.63, 3.8) is 0 Å². The first-order valence-electron chi connectivity index (χ1n) is 11.3. The molecule has 36 heavy (non-hydrogen) atoms. The zero-order valence-electron chi connectivity index (χ0n) is 19.1. The number of halogens is 1. The van der Waals surface area contributed by atoms with Crippen molar-refractivity contribution in [1.29, 1.82) is 0 Å². The van der Waals surface area contributed by atoms with Gasteiger partial charge in [0.25, 0.3) is 5.91 Å². The van der Waals surface area contributed by atoms with Gasteiger partial charge in [-0.15, -0.1) is 11.8 Å². The number of aromatic amines is 1. The summed E-state index contributed by atoms with van der Waals surface area (Å²) in [6.45, 7) is 0. The van der Waals surface area contributed by atoms with Gasteiger partial charge >= 0.3 is 0 Å². The number of amides is 2. The maximum absolute atomic E-state index is 14.0. The van der Waals surface area contributed by atoms with Gasteiger partial charge in [0.1, 0.15) is 11.1 Å². The summed E-state index contributed by atoms with van der Waals surface area (Å²) in [4.78, 5) is 29.9. The van der Waals surface area contributed by atoms with Gasteiger partial charge in [0.2, 0.25) is 5.91 Å². The van der Waals surface area contributed by atoms with E-state index in [2.05, 4.69) is 15.6 Å². The number of fused-ring (bicyclic) bond motifs is 1. The molecule has 7 heteroatoms. The van der Waals surface area contributed by atoms with Crippen molar-refractivity contribution in [2.75, 3.05) is 10.6 Å². The van der Waals surface area contributed by atoms with Crippen LogP contribution in [0.4, 0.5) is 15.8 Å². The second-order valence-corrected chi connectivity index (χ2v) is 9.32. The fourth-order valence-electron chi connectivity index (χ4n) is 3.86. The number of anilines is 2. The van der Waals surface area contributed by atoms with Crippen LogP contribution < -0.4 is 10.6 Å². The van der Waals surface area contributed by atoms with E-state index in [1.165, 1.54) is 30.0 Å². The monoisotopic (exact) mass is 495 g/mol. The number of H-pyrrole nitrogens is 1. The lowest BCUT2D eigenvalue weighted by molar-refractivity contribution is -0.115. The molecule has 0 radical (unpaired) electrons. The van der Waals surface area contributed by atoms with Gasteiger partial charge in [0, 0.05) is 28.0 Å². The fraction of sp³-hybridized carbons (Fsp3) is 0.0345. The van der Waals surface area contributed by atoms with Crippen molar-refractivity contribution in [1.82, 2.24) is 4.98 Å². The maximum Gasteiger partial charge on any atom is 0.258 e. The van der Waals surface area contributed by atoms with Crippen molar-refractivity contribution in [2.45, 2.75) is 10.1 Å². The number of aromatic nitrogens is 1. The summed E-state index contributed by atoms with van der Waals surface area (Å²) in [5, 5.41) is 6.29. The van der Waals surface area contributed by atoms with Crippen molar-refractivity contribution in [3.05, 3.63) is 126 Å². The molecule has 0 aliphatic carbocycles. The number of nitrogens with one attached hydrogen (secondary N) is 3. The second kappa shape index (κ2) is 10.5. The Kier molecular flexibility index (Phi) is 6.82. The summed E-state index contributed by atoms with van der Waals surface area (Å²) in [6, 6.07) is 30.2. The molecule has 0 bridgehead atoms. The minimum Gasteiger partial charge on any atom is -0.361 e. The molecule has 2 amide bonds. The lowest BCUT2D eigenvalue weighted by Gasteiger charge is -2.18. The van der Waals surface area contributed by atoms with Crippen molar-refractivity contribution < 1.29 is 14.0 Å². The number of rotatable bonds is 7. The van der Waals surface area contributed by atoms with Gasteiger partial charge in [0.15, 0.2) is 0 Å². The van der Waals surface area contributed by atoms with E-state index in [0.717, 1.165) is 21.4 Å². The highest BCUT2D eigenvalue weighted by Crippen LogP contribution is 2.37. The third-order valence-electron chi connectivity index (χ3n) is 5.63. The molecule has 0 saturated carbocycles. The number of carbonyl (C=O) groups is 2. The first-order chi connectivity index (χ1) is 17.6. The van der Waals surface area contributed by atoms with Crippen molar-refractivity contribution >= 4 is 45.9 Å². The van der Waals surface area contributed by atoms with Gasteiger partial charge in [-0.25, -0.2) is 4.39 Å². The second-order valence-electron chi connectivity index (χ2n) is 8.14. The van der Waals surface area contributed by atoms with Crippen LogP contribution >= 0.6 is 11.8 Å². The summed E-state index contributed by atoms with van der Waals surface area (Å²) in [7, 11) is 0. The van der Waals surface area contributed by atoms with Crippen molar-refractivity contribution in [3.8, 4) is 0 Å². The molecule has 0 spiro atoms. The molecule has 5 rings (SSSR count). The summed E-state index contributed by atoms with van der Waals surface area (Å²) < 4.78 is 14.0. The Morgan fingerprint density at radius 1 is 0.778 bits per heavy atom. The molecule has 0 aliphatic heterocycles. The molecule has 1 unspecified atom stereocenters. The molecule has 1 atom stereocenters. The predicted octanol–water partition coefficient (Wildman–Crippen LogP) is 7.03. The van der Waals surface area contributed by atoms with Crippen LogP contribution in [-0.4, -0.2) is 16.8 Å². The van der Waals surface area contributed by atoms with E-state index in [1.807, 2.05) is 66.9 Å². The predicted molar refractivity (Wildman–Crippen MR) is 143 cm³/mol. The van der Waals surface area contributed by atoms with Gasteiger partial charge in [-0.05, 0) is 59.5 Å². The highest BCUT2D eigenvalue weighted by Gasteiger charge is 2.23. The van der Waals surface area contributed by atoms with Crippen LogP contribution in [0.2, 0.25) is 0 Å². The van der Waals surface area contributed by atoms with Crippen LogP contribution in [0.3, 0.4) is 0 Å². The molecule has 0 aliphatic rings. The van der Waals surface area contributed by atoms with E-state index in [4.69, 9.17) is 0 Å². The minimum absolute atomic E-state index is 0.0314. The van der Waals surface area contributed by atoms with Crippen LogP contribution in [0, 0.1) is 5.82 Å². The molecule has 1 aromatic heterocycles. The summed E-state index contributed by atoms with van der Waals surface area (Å²) in [5.74, 6) is -1.29. The van der Waals surface area contributed by atoms with E-state index in [9.17, 15) is 14.0 Å².